The first-order valence-corrected chi connectivity index (χ1v) is 12.2. The lowest BCUT2D eigenvalue weighted by Crippen LogP contribution is -2.18. The number of anilines is 2. The predicted octanol–water partition coefficient (Wildman–Crippen LogP) is 4.20. The fourth-order valence-corrected chi connectivity index (χ4v) is 4.66. The number of fused-ring (bicyclic) bond motifs is 1. The molecule has 9 nitrogen and oxygen atoms in total. The van der Waals surface area contributed by atoms with E-state index in [0.29, 0.717) is 34.6 Å². The lowest BCUT2D eigenvalue weighted by Gasteiger charge is -2.19. The maximum Gasteiger partial charge on any atom is 0.259 e. The Bertz CT molecular complexity index is 1450. The normalized spacial score (nSPS) is 15.0. The van der Waals surface area contributed by atoms with Crippen LogP contribution in [0.1, 0.15) is 53.5 Å². The highest BCUT2D eigenvalue weighted by atomic mass is 19.1. The summed E-state index contributed by atoms with van der Waals surface area (Å²) in [6.07, 6.45) is 9.02. The number of hydrogen-bond donors (Lipinski definition) is 1. The largest absolute Gasteiger partial charge is 0.376 e. The maximum absolute atomic E-state index is 15.1. The third-order valence-corrected chi connectivity index (χ3v) is 6.75. The Kier molecular flexibility index (Phi) is 5.50. The Balaban J connectivity index is 1.30. The molecular weight excluding hydrogens is 459 g/mol. The lowest BCUT2D eigenvalue weighted by atomic mass is 10.1. The topological polar surface area (TPSA) is 93.8 Å². The van der Waals surface area contributed by atoms with Gasteiger partial charge < -0.3 is 19.4 Å². The smallest absolute Gasteiger partial charge is 0.259 e. The second-order valence-electron chi connectivity index (χ2n) is 9.61. The van der Waals surface area contributed by atoms with Gasteiger partial charge in [0.25, 0.3) is 5.91 Å². The van der Waals surface area contributed by atoms with E-state index in [0.717, 1.165) is 50.2 Å². The third-order valence-electron chi connectivity index (χ3n) is 6.75. The molecule has 1 fully saturated rings. The Morgan fingerprint density at radius 3 is 2.83 bits per heavy atom. The van der Waals surface area contributed by atoms with E-state index in [1.807, 2.05) is 35.8 Å². The van der Waals surface area contributed by atoms with Crippen molar-refractivity contribution in [1.29, 1.82) is 0 Å². The van der Waals surface area contributed by atoms with Crippen LogP contribution in [0, 0.1) is 5.82 Å². The van der Waals surface area contributed by atoms with Gasteiger partial charge >= 0.3 is 0 Å². The van der Waals surface area contributed by atoms with Gasteiger partial charge in [-0.15, -0.1) is 10.2 Å². The molecule has 1 saturated carbocycles. The number of halogens is 1. The second kappa shape index (κ2) is 8.85. The number of amides is 1. The summed E-state index contributed by atoms with van der Waals surface area (Å²) in [6, 6.07) is 8.26. The lowest BCUT2D eigenvalue weighted by molar-refractivity contribution is 0.102. The number of carbonyl (C=O) groups excluding carboxylic acids is 1. The summed E-state index contributed by atoms with van der Waals surface area (Å²) >= 11 is 0. The number of nitrogens with zero attached hydrogens (tertiary/aromatic N) is 7. The van der Waals surface area contributed by atoms with Gasteiger partial charge in [0.05, 0.1) is 29.0 Å². The zero-order chi connectivity index (χ0) is 24.8. The molecule has 0 saturated heterocycles. The van der Waals surface area contributed by atoms with Gasteiger partial charge in [0.1, 0.15) is 23.2 Å². The number of aromatic nitrogens is 6. The molecule has 1 aliphatic carbocycles. The summed E-state index contributed by atoms with van der Waals surface area (Å²) in [5.41, 5.74) is 2.91. The number of carbonyl (C=O) groups is 1. The second-order valence-corrected chi connectivity index (χ2v) is 9.61. The van der Waals surface area contributed by atoms with Crippen molar-refractivity contribution in [3.63, 3.8) is 0 Å². The van der Waals surface area contributed by atoms with E-state index >= 15 is 4.39 Å². The van der Waals surface area contributed by atoms with E-state index in [1.165, 1.54) is 6.07 Å². The van der Waals surface area contributed by atoms with Crippen LogP contribution in [0.4, 0.5) is 15.9 Å². The molecule has 3 aromatic heterocycles. The molecule has 0 radical (unpaired) electrons. The first kappa shape index (κ1) is 22.4. The number of hydrogen-bond acceptors (Lipinski definition) is 6. The quantitative estimate of drug-likeness (QED) is 0.439. The van der Waals surface area contributed by atoms with Gasteiger partial charge in [-0.3, -0.25) is 4.79 Å². The minimum atomic E-state index is -0.606. The number of imidazole rings is 1. The van der Waals surface area contributed by atoms with Crippen molar-refractivity contribution in [1.82, 2.24) is 29.3 Å². The van der Waals surface area contributed by atoms with E-state index in [-0.39, 0.29) is 5.56 Å². The SMILES string of the molecule is CN(C)c1cc(F)c(C(=O)Nc2cccc(-c3nnc4n3CCCC4)n2)cc1-n1cnc(C2CC2)c1. The van der Waals surface area contributed by atoms with Crippen LogP contribution < -0.4 is 10.2 Å². The number of pyridine rings is 1. The fourth-order valence-electron chi connectivity index (χ4n) is 4.66. The molecule has 1 amide bonds. The van der Waals surface area contributed by atoms with Crippen molar-refractivity contribution in [2.75, 3.05) is 24.3 Å². The van der Waals surface area contributed by atoms with Crippen molar-refractivity contribution >= 4 is 17.4 Å². The van der Waals surface area contributed by atoms with E-state index in [1.54, 1.807) is 24.5 Å². The zero-order valence-corrected chi connectivity index (χ0v) is 20.3. The molecule has 1 aliphatic heterocycles. The Morgan fingerprint density at radius 2 is 2.03 bits per heavy atom. The molecule has 4 aromatic rings. The molecule has 0 unspecified atom stereocenters. The number of rotatable bonds is 6. The molecular formula is C26H27FN8O. The first-order valence-electron chi connectivity index (χ1n) is 12.2. The van der Waals surface area contributed by atoms with Crippen molar-refractivity contribution in [3.05, 3.63) is 65.8 Å². The monoisotopic (exact) mass is 486 g/mol. The van der Waals surface area contributed by atoms with Crippen molar-refractivity contribution in [2.24, 2.45) is 0 Å². The number of benzene rings is 1. The van der Waals surface area contributed by atoms with Crippen LogP contribution in [0.3, 0.4) is 0 Å². The zero-order valence-electron chi connectivity index (χ0n) is 20.3. The van der Waals surface area contributed by atoms with E-state index in [2.05, 4.69) is 30.0 Å². The Labute approximate surface area is 208 Å². The molecule has 184 valence electrons. The summed E-state index contributed by atoms with van der Waals surface area (Å²) < 4.78 is 19.1. The molecule has 6 rings (SSSR count). The predicted molar refractivity (Wildman–Crippen MR) is 134 cm³/mol. The molecule has 4 heterocycles. The van der Waals surface area contributed by atoms with Crippen LogP contribution in [-0.4, -0.2) is 49.3 Å². The summed E-state index contributed by atoms with van der Waals surface area (Å²) in [5.74, 6) is 1.26. The number of nitrogens with one attached hydrogen (secondary N) is 1. The fraction of sp³-hybridized carbons (Fsp3) is 0.346. The van der Waals surface area contributed by atoms with Gasteiger partial charge in [0, 0.05) is 45.2 Å². The molecule has 1 aromatic carbocycles. The first-order chi connectivity index (χ1) is 17.5. The van der Waals surface area contributed by atoms with Crippen LogP contribution in [-0.2, 0) is 13.0 Å². The van der Waals surface area contributed by atoms with Crippen LogP contribution in [0.5, 0.6) is 0 Å². The van der Waals surface area contributed by atoms with Gasteiger partial charge in [-0.1, -0.05) is 6.07 Å². The minimum absolute atomic E-state index is 0.0654. The highest BCUT2D eigenvalue weighted by Crippen LogP contribution is 2.39. The van der Waals surface area contributed by atoms with Gasteiger partial charge in [-0.25, -0.2) is 14.4 Å². The van der Waals surface area contributed by atoms with Gasteiger partial charge in [-0.2, -0.15) is 0 Å². The summed E-state index contributed by atoms with van der Waals surface area (Å²) in [4.78, 5) is 24.1. The molecule has 36 heavy (non-hydrogen) atoms. The van der Waals surface area contributed by atoms with Gasteiger partial charge in [0.15, 0.2) is 5.82 Å². The van der Waals surface area contributed by atoms with Crippen LogP contribution in [0.15, 0.2) is 42.9 Å². The average Bonchev–Trinajstić information content (AvgIpc) is 3.44. The molecule has 0 bridgehead atoms. The molecule has 1 N–H and O–H groups in total. The molecule has 0 atom stereocenters. The maximum atomic E-state index is 15.1. The van der Waals surface area contributed by atoms with Crippen molar-refractivity contribution in [2.45, 2.75) is 44.6 Å². The van der Waals surface area contributed by atoms with E-state index in [9.17, 15) is 4.79 Å². The van der Waals surface area contributed by atoms with Crippen molar-refractivity contribution in [3.8, 4) is 17.2 Å². The van der Waals surface area contributed by atoms with E-state index < -0.39 is 11.7 Å². The van der Waals surface area contributed by atoms with Crippen LogP contribution in [0.25, 0.3) is 17.2 Å². The van der Waals surface area contributed by atoms with E-state index in [4.69, 9.17) is 0 Å². The minimum Gasteiger partial charge on any atom is -0.376 e. The summed E-state index contributed by atoms with van der Waals surface area (Å²) in [7, 11) is 3.69. The molecule has 10 heteroatoms. The summed E-state index contributed by atoms with van der Waals surface area (Å²) in [6.45, 7) is 0.846. The van der Waals surface area contributed by atoms with Crippen LogP contribution >= 0.6 is 0 Å². The highest BCUT2D eigenvalue weighted by Gasteiger charge is 2.27. The van der Waals surface area contributed by atoms with Crippen molar-refractivity contribution < 1.29 is 9.18 Å². The Morgan fingerprint density at radius 1 is 1.17 bits per heavy atom. The van der Waals surface area contributed by atoms with Crippen LogP contribution in [0.2, 0.25) is 0 Å². The van der Waals surface area contributed by atoms with Gasteiger partial charge in [-0.05, 0) is 43.9 Å². The molecule has 2 aliphatic rings. The highest BCUT2D eigenvalue weighted by molar-refractivity contribution is 6.05. The summed E-state index contributed by atoms with van der Waals surface area (Å²) in [5, 5.41) is 11.4. The standard InChI is InChI=1S/C26H27FN8O/c1-33(2)21-13-18(27)17(12-22(21)34-14-20(28-15-34)16-9-10-16)26(36)30-23-7-5-6-19(29-23)25-32-31-24-8-3-4-11-35(24)25/h5-7,12-16H,3-4,8-11H2,1-2H3,(H,29,30,36). The number of aryl methyl sites for hydroxylation is 1. The Hall–Kier alpha value is -4.08. The molecule has 0 spiro atoms. The van der Waals surface area contributed by atoms with Gasteiger partial charge in [0.2, 0.25) is 0 Å². The third kappa shape index (κ3) is 4.12. The average molecular weight is 487 g/mol.